The quantitative estimate of drug-likeness (QED) is 0.138. The van der Waals surface area contributed by atoms with Crippen LogP contribution >= 0.6 is 0 Å². The van der Waals surface area contributed by atoms with Crippen molar-refractivity contribution >= 4 is 11.9 Å². The first-order chi connectivity index (χ1) is 18.5. The molecule has 0 heterocycles. The number of carbonyl (C=O) groups excluding carboxylic acids is 2. The van der Waals surface area contributed by atoms with Crippen molar-refractivity contribution in [3.05, 3.63) is 95.1 Å². The van der Waals surface area contributed by atoms with E-state index in [9.17, 15) is 14.7 Å². The first kappa shape index (κ1) is 32.0. The third-order valence-corrected chi connectivity index (χ3v) is 6.89. The van der Waals surface area contributed by atoms with Crippen molar-refractivity contribution in [2.75, 3.05) is 13.2 Å². The highest BCUT2D eigenvalue weighted by Gasteiger charge is 2.26. The van der Waals surface area contributed by atoms with Crippen molar-refractivity contribution in [3.63, 3.8) is 0 Å². The smallest absolute Gasteiger partial charge is 0.336 e. The molecule has 39 heavy (non-hydrogen) atoms. The summed E-state index contributed by atoms with van der Waals surface area (Å²) < 4.78 is 10.7. The molecule has 0 saturated heterocycles. The van der Waals surface area contributed by atoms with Crippen LogP contribution in [0.3, 0.4) is 0 Å². The third kappa shape index (κ3) is 12.0. The van der Waals surface area contributed by atoms with Crippen molar-refractivity contribution in [1.82, 2.24) is 0 Å². The van der Waals surface area contributed by atoms with Gasteiger partial charge in [-0.1, -0.05) is 81.5 Å². The maximum Gasteiger partial charge on any atom is 0.336 e. The molecule has 2 aromatic carbocycles. The number of aliphatic hydroxyl groups is 1. The van der Waals surface area contributed by atoms with E-state index in [0.29, 0.717) is 12.0 Å². The van der Waals surface area contributed by atoms with Crippen LogP contribution in [-0.4, -0.2) is 35.9 Å². The second kappa shape index (κ2) is 16.0. The van der Waals surface area contributed by atoms with Crippen LogP contribution < -0.4 is 0 Å². The highest BCUT2D eigenvalue weighted by Crippen LogP contribution is 2.18. The average Bonchev–Trinajstić information content (AvgIpc) is 2.91. The largest absolute Gasteiger partial charge is 0.462 e. The standard InChI is InChI=1S/C34H46O5/c1-7-8-9-10-27-11-13-28(14-12-27)15-16-29-17-19-30(20-18-29)21-22-31(23-38-32(35)25(2)3)24-39-33(36)26(4)34(5,6)37/h11-14,17-20,31,37H,2,4,7-10,15-16,21-24H2,1,3,5-6H3. The van der Waals surface area contributed by atoms with E-state index in [1.165, 1.54) is 55.4 Å². The van der Waals surface area contributed by atoms with Crippen LogP contribution in [0.2, 0.25) is 0 Å². The fourth-order valence-electron chi connectivity index (χ4n) is 4.05. The molecular formula is C34H46O5. The zero-order chi connectivity index (χ0) is 28.8. The van der Waals surface area contributed by atoms with Crippen LogP contribution in [0.1, 0.15) is 75.6 Å². The van der Waals surface area contributed by atoms with Crippen molar-refractivity contribution < 1.29 is 24.2 Å². The lowest BCUT2D eigenvalue weighted by Crippen LogP contribution is -2.30. The molecule has 0 bridgehead atoms. The van der Waals surface area contributed by atoms with E-state index in [1.54, 1.807) is 6.92 Å². The van der Waals surface area contributed by atoms with Crippen LogP contribution in [0.25, 0.3) is 0 Å². The topological polar surface area (TPSA) is 72.8 Å². The number of esters is 2. The third-order valence-electron chi connectivity index (χ3n) is 6.89. The number of aryl methyl sites for hydroxylation is 4. The summed E-state index contributed by atoms with van der Waals surface area (Å²) in [7, 11) is 0. The fourth-order valence-corrected chi connectivity index (χ4v) is 4.05. The Hall–Kier alpha value is -3.18. The van der Waals surface area contributed by atoms with Crippen LogP contribution in [0, 0.1) is 5.92 Å². The number of hydrogen-bond acceptors (Lipinski definition) is 5. The molecule has 0 fully saturated rings. The first-order valence-corrected chi connectivity index (χ1v) is 14.1. The molecule has 212 valence electrons. The van der Waals surface area contributed by atoms with Gasteiger partial charge in [-0.15, -0.1) is 0 Å². The molecule has 2 rings (SSSR count). The summed E-state index contributed by atoms with van der Waals surface area (Å²) >= 11 is 0. The van der Waals surface area contributed by atoms with Crippen LogP contribution in [0.5, 0.6) is 0 Å². The van der Waals surface area contributed by atoms with Gasteiger partial charge in [0.15, 0.2) is 0 Å². The predicted octanol–water partition coefficient (Wildman–Crippen LogP) is 6.74. The molecule has 1 N–H and O–H groups in total. The highest BCUT2D eigenvalue weighted by atomic mass is 16.5. The van der Waals surface area contributed by atoms with Crippen LogP contribution in [-0.2, 0) is 44.7 Å². The zero-order valence-corrected chi connectivity index (χ0v) is 24.3. The molecule has 0 aliphatic rings. The molecule has 1 atom stereocenters. The number of rotatable bonds is 17. The van der Waals surface area contributed by atoms with Gasteiger partial charge < -0.3 is 14.6 Å². The normalized spacial score (nSPS) is 12.0. The molecule has 0 saturated carbocycles. The Morgan fingerprint density at radius 1 is 0.769 bits per heavy atom. The van der Waals surface area contributed by atoms with Crippen molar-refractivity contribution in [1.29, 1.82) is 0 Å². The van der Waals surface area contributed by atoms with Gasteiger partial charge in [0.05, 0.1) is 24.4 Å². The van der Waals surface area contributed by atoms with Gasteiger partial charge in [0.1, 0.15) is 0 Å². The number of ether oxygens (including phenoxy) is 2. The molecule has 0 aromatic heterocycles. The summed E-state index contributed by atoms with van der Waals surface area (Å²) in [5, 5.41) is 10.0. The second-order valence-corrected chi connectivity index (χ2v) is 11.0. The minimum absolute atomic E-state index is 0.0151. The highest BCUT2D eigenvalue weighted by molar-refractivity contribution is 5.89. The van der Waals surface area contributed by atoms with Crippen molar-refractivity contribution in [2.45, 2.75) is 84.7 Å². The van der Waals surface area contributed by atoms with Gasteiger partial charge in [0.25, 0.3) is 0 Å². The zero-order valence-electron chi connectivity index (χ0n) is 24.3. The minimum atomic E-state index is -1.36. The molecule has 5 nitrogen and oxygen atoms in total. The summed E-state index contributed by atoms with van der Waals surface area (Å²) in [5.74, 6) is -1.33. The van der Waals surface area contributed by atoms with Gasteiger partial charge in [0, 0.05) is 11.5 Å². The molecule has 1 unspecified atom stereocenters. The summed E-state index contributed by atoms with van der Waals surface area (Å²) in [6.07, 6.45) is 8.35. The molecule has 0 aliphatic carbocycles. The molecule has 5 heteroatoms. The molecule has 0 radical (unpaired) electrons. The summed E-state index contributed by atoms with van der Waals surface area (Å²) in [6.45, 7) is 14.2. The maximum absolute atomic E-state index is 12.3. The Balaban J connectivity index is 1.88. The molecule has 0 amide bonds. The van der Waals surface area contributed by atoms with Gasteiger partial charge in [-0.3, -0.25) is 0 Å². The number of benzene rings is 2. The Bertz CT molecular complexity index is 1070. The lowest BCUT2D eigenvalue weighted by Gasteiger charge is -2.21. The lowest BCUT2D eigenvalue weighted by atomic mass is 9.97. The van der Waals surface area contributed by atoms with Crippen molar-refractivity contribution in [2.24, 2.45) is 5.92 Å². The van der Waals surface area contributed by atoms with Gasteiger partial charge in [0.2, 0.25) is 0 Å². The molecule has 2 aromatic rings. The van der Waals surface area contributed by atoms with Crippen molar-refractivity contribution in [3.8, 4) is 0 Å². The van der Waals surface area contributed by atoms with Crippen LogP contribution in [0.15, 0.2) is 72.8 Å². The summed E-state index contributed by atoms with van der Waals surface area (Å²) in [5.41, 5.74) is 4.17. The monoisotopic (exact) mass is 534 g/mol. The van der Waals surface area contributed by atoms with E-state index in [-0.39, 0.29) is 24.7 Å². The van der Waals surface area contributed by atoms with E-state index in [2.05, 4.69) is 68.6 Å². The number of unbranched alkanes of at least 4 members (excludes halogenated alkanes) is 2. The Morgan fingerprint density at radius 3 is 1.64 bits per heavy atom. The Labute approximate surface area is 234 Å². The minimum Gasteiger partial charge on any atom is -0.462 e. The molecule has 0 aliphatic heterocycles. The average molecular weight is 535 g/mol. The van der Waals surface area contributed by atoms with E-state index >= 15 is 0 Å². The van der Waals surface area contributed by atoms with E-state index in [0.717, 1.165) is 25.7 Å². The van der Waals surface area contributed by atoms with Gasteiger partial charge in [-0.05, 0) is 81.5 Å². The Kier molecular flexibility index (Phi) is 13.2. The van der Waals surface area contributed by atoms with Gasteiger partial charge in [-0.2, -0.15) is 0 Å². The Morgan fingerprint density at radius 2 is 1.21 bits per heavy atom. The molecular weight excluding hydrogens is 488 g/mol. The number of hydrogen-bond donors (Lipinski definition) is 1. The van der Waals surface area contributed by atoms with E-state index in [4.69, 9.17) is 9.47 Å². The SMILES string of the molecule is C=C(C)C(=O)OCC(CCc1ccc(CCc2ccc(CCCCC)cc2)cc1)COC(=O)C(=C)C(C)(C)O. The van der Waals surface area contributed by atoms with Crippen LogP contribution in [0.4, 0.5) is 0 Å². The van der Waals surface area contributed by atoms with E-state index in [1.807, 2.05) is 0 Å². The predicted molar refractivity (Wildman–Crippen MR) is 158 cm³/mol. The summed E-state index contributed by atoms with van der Waals surface area (Å²) in [6, 6.07) is 17.6. The number of carbonyl (C=O) groups is 2. The van der Waals surface area contributed by atoms with E-state index < -0.39 is 17.5 Å². The first-order valence-electron chi connectivity index (χ1n) is 14.1. The molecule has 0 spiro atoms. The van der Waals surface area contributed by atoms with Gasteiger partial charge in [-0.25, -0.2) is 9.59 Å². The van der Waals surface area contributed by atoms with Gasteiger partial charge >= 0.3 is 11.9 Å². The fraction of sp³-hybridized carbons (Fsp3) is 0.471. The maximum atomic E-state index is 12.3. The second-order valence-electron chi connectivity index (χ2n) is 11.0. The lowest BCUT2D eigenvalue weighted by molar-refractivity contribution is -0.145. The summed E-state index contributed by atoms with van der Waals surface area (Å²) in [4.78, 5) is 24.2.